The molecule has 2 aromatic carbocycles. The van der Waals surface area contributed by atoms with Crippen LogP contribution in [-0.2, 0) is 11.3 Å². The summed E-state index contributed by atoms with van der Waals surface area (Å²) in [5.74, 6) is 0.0347. The summed E-state index contributed by atoms with van der Waals surface area (Å²) in [5, 5.41) is 13.1. The van der Waals surface area contributed by atoms with Crippen LogP contribution in [0.2, 0.25) is 0 Å². The average molecular weight is 546 g/mol. The first-order chi connectivity index (χ1) is 18.6. The first kappa shape index (κ1) is 26.8. The van der Waals surface area contributed by atoms with Crippen molar-refractivity contribution in [2.24, 2.45) is 0 Å². The Hall–Kier alpha value is -2.83. The topological polar surface area (TPSA) is 44.4 Å². The number of anilines is 1. The quantitative estimate of drug-likeness (QED) is 0.141. The van der Waals surface area contributed by atoms with Crippen LogP contribution in [0.1, 0.15) is 70.2 Å². The lowest BCUT2D eigenvalue weighted by Crippen LogP contribution is -2.35. The minimum absolute atomic E-state index is 0.0764. The van der Waals surface area contributed by atoms with E-state index < -0.39 is 0 Å². The second-order valence-corrected chi connectivity index (χ2v) is 12.2. The van der Waals surface area contributed by atoms with E-state index in [2.05, 4.69) is 71.8 Å². The van der Waals surface area contributed by atoms with Gasteiger partial charge < -0.3 is 10.0 Å². The number of para-hydroxylation sites is 2. The lowest BCUT2D eigenvalue weighted by atomic mass is 9.88. The number of thioether (sulfide) groups is 1. The van der Waals surface area contributed by atoms with Crippen LogP contribution in [0.5, 0.6) is 0 Å². The molecule has 0 amide bonds. The first-order valence-electron chi connectivity index (χ1n) is 14.0. The lowest BCUT2D eigenvalue weighted by Gasteiger charge is -2.23. The van der Waals surface area contributed by atoms with Gasteiger partial charge in [0.15, 0.2) is 6.54 Å². The summed E-state index contributed by atoms with van der Waals surface area (Å²) >= 11 is 3.36. The third-order valence-electron chi connectivity index (χ3n) is 7.28. The molecule has 0 radical (unpaired) electrons. The Morgan fingerprint density at radius 1 is 0.895 bits per heavy atom. The van der Waals surface area contributed by atoms with E-state index in [9.17, 15) is 9.90 Å². The molecule has 0 atom stereocenters. The molecule has 38 heavy (non-hydrogen) atoms. The van der Waals surface area contributed by atoms with Gasteiger partial charge in [0.25, 0.3) is 5.01 Å². The van der Waals surface area contributed by atoms with Crippen molar-refractivity contribution in [3.05, 3.63) is 81.5 Å². The summed E-state index contributed by atoms with van der Waals surface area (Å²) in [6, 6.07) is 16.8. The fraction of sp³-hybridized carbons (Fsp3) is 0.375. The van der Waals surface area contributed by atoms with Gasteiger partial charge in [-0.2, -0.15) is 4.57 Å². The largest absolute Gasteiger partial charge is 0.506 e. The van der Waals surface area contributed by atoms with Crippen molar-refractivity contribution in [1.82, 2.24) is 0 Å². The van der Waals surface area contributed by atoms with Crippen LogP contribution in [-0.4, -0.2) is 17.4 Å². The Kier molecular flexibility index (Phi) is 8.70. The number of unbranched alkanes of at least 4 members (excludes halogenated alkanes) is 6. The van der Waals surface area contributed by atoms with E-state index in [0.717, 1.165) is 36.0 Å². The molecule has 1 aromatic heterocycles. The molecule has 0 saturated carbocycles. The molecular formula is C32H37N2O2S2+. The molecule has 0 fully saturated rings. The predicted octanol–water partition coefficient (Wildman–Crippen LogP) is 8.58. The van der Waals surface area contributed by atoms with Crippen molar-refractivity contribution in [1.29, 1.82) is 0 Å². The summed E-state index contributed by atoms with van der Waals surface area (Å²) in [5.41, 5.74) is 3.22. The van der Waals surface area contributed by atoms with Crippen LogP contribution in [0.15, 0.2) is 81.4 Å². The molecule has 6 heteroatoms. The van der Waals surface area contributed by atoms with Gasteiger partial charge in [0.05, 0.1) is 21.9 Å². The molecule has 5 rings (SSSR count). The fourth-order valence-electron chi connectivity index (χ4n) is 5.13. The number of carbonyl (C=O) groups excluding carboxylic acids is 1. The van der Waals surface area contributed by atoms with Crippen LogP contribution in [0.4, 0.5) is 5.69 Å². The van der Waals surface area contributed by atoms with Gasteiger partial charge in [-0.05, 0) is 37.1 Å². The predicted molar refractivity (Wildman–Crippen MR) is 161 cm³/mol. The highest BCUT2D eigenvalue weighted by Crippen LogP contribution is 2.47. The third-order valence-corrected chi connectivity index (χ3v) is 9.50. The first-order valence-corrected chi connectivity index (χ1v) is 15.6. The normalized spacial score (nSPS) is 17.2. The number of hydrogen-bond acceptors (Lipinski definition) is 5. The molecule has 0 spiro atoms. The van der Waals surface area contributed by atoms with E-state index in [1.807, 2.05) is 12.2 Å². The number of hydrogen-bond donors (Lipinski definition) is 1. The number of fused-ring (bicyclic) bond motifs is 2. The Labute approximate surface area is 234 Å². The van der Waals surface area contributed by atoms with Gasteiger partial charge >= 0.3 is 0 Å². The number of aromatic nitrogens is 1. The van der Waals surface area contributed by atoms with Crippen LogP contribution >= 0.6 is 23.1 Å². The molecule has 2 aliphatic rings. The fourth-order valence-corrected chi connectivity index (χ4v) is 7.40. The molecule has 4 nitrogen and oxygen atoms in total. The number of rotatable bonds is 12. The number of aliphatic hydroxyl groups is 1. The Balaban J connectivity index is 1.42. The van der Waals surface area contributed by atoms with Gasteiger partial charge in [0, 0.05) is 30.0 Å². The van der Waals surface area contributed by atoms with Crippen molar-refractivity contribution in [2.75, 3.05) is 11.4 Å². The number of nitrogens with zero attached hydrogens (tertiary/aromatic N) is 2. The summed E-state index contributed by atoms with van der Waals surface area (Å²) in [7, 11) is 0. The number of ketones is 1. The molecule has 0 bridgehead atoms. The summed E-state index contributed by atoms with van der Waals surface area (Å²) in [4.78, 5) is 16.8. The van der Waals surface area contributed by atoms with Crippen LogP contribution < -0.4 is 9.47 Å². The van der Waals surface area contributed by atoms with Crippen molar-refractivity contribution >= 4 is 50.9 Å². The number of aryl methyl sites for hydroxylation is 1. The third kappa shape index (κ3) is 5.48. The number of carbonyl (C=O) groups is 1. The summed E-state index contributed by atoms with van der Waals surface area (Å²) in [6.07, 6.45) is 13.3. The van der Waals surface area contributed by atoms with Crippen LogP contribution in [0.3, 0.4) is 0 Å². The summed E-state index contributed by atoms with van der Waals surface area (Å²) < 4.78 is 3.51. The highest BCUT2D eigenvalue weighted by molar-refractivity contribution is 8.03. The standard InChI is InChI=1S/C32H36N2O2S2/c1-3-5-7-13-19-33-25-15-9-11-17-27(25)37-29(33)21-23-31(35)24(32(23)36)22-30-34(20-14-8-6-4-2)26-16-10-12-18-28(26)38-30/h9-12,15-18,21-22H,3-8,13-14,19-20H2,1-2H3/p+1. The van der Waals surface area contributed by atoms with Crippen molar-refractivity contribution in [2.45, 2.75) is 76.7 Å². The summed E-state index contributed by atoms with van der Waals surface area (Å²) in [6.45, 7) is 6.28. The van der Waals surface area contributed by atoms with E-state index in [1.54, 1.807) is 23.1 Å². The molecule has 1 N–H and O–H groups in total. The minimum Gasteiger partial charge on any atom is -0.506 e. The highest BCUT2D eigenvalue weighted by atomic mass is 32.2. The van der Waals surface area contributed by atoms with E-state index in [0.29, 0.717) is 11.1 Å². The molecule has 1 aliphatic carbocycles. The minimum atomic E-state index is -0.0764. The molecule has 0 saturated heterocycles. The van der Waals surface area contributed by atoms with E-state index in [1.165, 1.54) is 59.3 Å². The number of benzene rings is 2. The average Bonchev–Trinajstić information content (AvgIpc) is 3.48. The Morgan fingerprint density at radius 2 is 1.63 bits per heavy atom. The Morgan fingerprint density at radius 3 is 2.42 bits per heavy atom. The van der Waals surface area contributed by atoms with Gasteiger partial charge in [-0.15, -0.1) is 0 Å². The van der Waals surface area contributed by atoms with Crippen LogP contribution in [0.25, 0.3) is 16.3 Å². The molecular weight excluding hydrogens is 508 g/mol. The van der Waals surface area contributed by atoms with E-state index in [-0.39, 0.29) is 11.5 Å². The smallest absolute Gasteiger partial charge is 0.263 e. The number of allylic oxidation sites excluding steroid dienone is 3. The van der Waals surface area contributed by atoms with Crippen molar-refractivity contribution in [3.63, 3.8) is 0 Å². The van der Waals surface area contributed by atoms with E-state index in [4.69, 9.17) is 0 Å². The van der Waals surface area contributed by atoms with Gasteiger partial charge in [0.2, 0.25) is 11.3 Å². The highest BCUT2D eigenvalue weighted by Gasteiger charge is 2.36. The van der Waals surface area contributed by atoms with Crippen molar-refractivity contribution < 1.29 is 14.5 Å². The second kappa shape index (κ2) is 12.4. The number of Topliss-reactive ketones (excluding diaryl/α,β-unsaturated/α-hetero) is 1. The molecule has 3 aromatic rings. The SMILES string of the molecule is CCCCCCN1C(=CC2=C(O)C(=Cc3sc4ccccc4[n+]3CCCCCC)C2=O)Sc2ccccc21. The number of thiazole rings is 1. The van der Waals surface area contributed by atoms with E-state index >= 15 is 0 Å². The second-order valence-electron chi connectivity index (χ2n) is 10.0. The number of aliphatic hydroxyl groups excluding tert-OH is 1. The monoisotopic (exact) mass is 545 g/mol. The van der Waals surface area contributed by atoms with Gasteiger partial charge in [-0.25, -0.2) is 0 Å². The van der Waals surface area contributed by atoms with Gasteiger partial charge in [-0.1, -0.05) is 93.3 Å². The Bertz CT molecular complexity index is 1420. The molecule has 0 unspecified atom stereocenters. The lowest BCUT2D eigenvalue weighted by molar-refractivity contribution is -0.669. The maximum Gasteiger partial charge on any atom is 0.263 e. The zero-order valence-corrected chi connectivity index (χ0v) is 24.0. The van der Waals surface area contributed by atoms with Crippen molar-refractivity contribution in [3.8, 4) is 0 Å². The van der Waals surface area contributed by atoms with Gasteiger partial charge in [-0.3, -0.25) is 4.79 Å². The maximum absolute atomic E-state index is 13.3. The zero-order chi connectivity index (χ0) is 26.5. The molecule has 1 aliphatic heterocycles. The zero-order valence-electron chi connectivity index (χ0n) is 22.4. The van der Waals surface area contributed by atoms with Gasteiger partial charge in [0.1, 0.15) is 10.5 Å². The maximum atomic E-state index is 13.3. The molecule has 2 heterocycles. The van der Waals surface area contributed by atoms with Crippen LogP contribution in [0, 0.1) is 0 Å². The molecule has 198 valence electrons.